The lowest BCUT2D eigenvalue weighted by atomic mass is 10.1. The van der Waals surface area contributed by atoms with E-state index in [2.05, 4.69) is 32.2 Å². The average Bonchev–Trinajstić information content (AvgIpc) is 3.23. The number of nitrogens with zero attached hydrogens (tertiary/aromatic N) is 2. The number of carbonyl (C=O) groups excluding carboxylic acids is 1. The topological polar surface area (TPSA) is 78.9 Å². The molecule has 2 amide bonds. The number of aryl methyl sites for hydroxylation is 1. The number of amides is 2. The van der Waals surface area contributed by atoms with Crippen LogP contribution in [0.25, 0.3) is 0 Å². The average molecular weight is 331 g/mol. The van der Waals surface area contributed by atoms with Crippen molar-refractivity contribution in [3.05, 3.63) is 35.7 Å². The van der Waals surface area contributed by atoms with Crippen molar-refractivity contribution in [2.24, 2.45) is 0 Å². The molecule has 0 unspecified atom stereocenters. The number of aromatic nitrogens is 2. The zero-order valence-corrected chi connectivity index (χ0v) is 14.1. The highest BCUT2D eigenvalue weighted by Gasteiger charge is 2.23. The Morgan fingerprint density at radius 3 is 2.70 bits per heavy atom. The lowest BCUT2D eigenvalue weighted by Gasteiger charge is -2.14. The van der Waals surface area contributed by atoms with Gasteiger partial charge in [0.2, 0.25) is 5.13 Å². The summed E-state index contributed by atoms with van der Waals surface area (Å²) < 4.78 is 4.27. The molecule has 122 valence electrons. The zero-order valence-electron chi connectivity index (χ0n) is 13.3. The molecule has 0 radical (unpaired) electrons. The van der Waals surface area contributed by atoms with Gasteiger partial charge in [0, 0.05) is 29.7 Å². The molecule has 1 heterocycles. The Morgan fingerprint density at radius 2 is 2.09 bits per heavy atom. The standard InChI is InChI=1S/C16H21N5OS/c1-3-14-20-16(23-21-14)17-10(2)11-4-6-12(7-5-11)18-15(22)19-13-8-9-13/h4-7,10,13H,3,8-9H2,1-2H3,(H,17,20,21)(H2,18,19,22)/t10-/m1/s1. The SMILES string of the molecule is CCc1nsc(N[C@H](C)c2ccc(NC(=O)NC3CC3)cc2)n1. The molecule has 0 saturated heterocycles. The Hall–Kier alpha value is -2.15. The van der Waals surface area contributed by atoms with E-state index < -0.39 is 0 Å². The largest absolute Gasteiger partial charge is 0.354 e. The number of benzene rings is 1. The van der Waals surface area contributed by atoms with Crippen molar-refractivity contribution in [3.8, 4) is 0 Å². The van der Waals surface area contributed by atoms with Crippen molar-refractivity contribution in [2.45, 2.75) is 45.2 Å². The van der Waals surface area contributed by atoms with Crippen LogP contribution in [0.15, 0.2) is 24.3 Å². The number of carbonyl (C=O) groups is 1. The fourth-order valence-electron chi connectivity index (χ4n) is 2.16. The summed E-state index contributed by atoms with van der Waals surface area (Å²) in [5.41, 5.74) is 1.93. The smallest absolute Gasteiger partial charge is 0.319 e. The fraction of sp³-hybridized carbons (Fsp3) is 0.438. The highest BCUT2D eigenvalue weighted by molar-refractivity contribution is 7.09. The Kier molecular flexibility index (Phi) is 4.76. The van der Waals surface area contributed by atoms with E-state index >= 15 is 0 Å². The minimum Gasteiger partial charge on any atom is -0.354 e. The molecular weight excluding hydrogens is 310 g/mol. The maximum atomic E-state index is 11.7. The highest BCUT2D eigenvalue weighted by Crippen LogP contribution is 2.22. The molecule has 1 aliphatic carbocycles. The third kappa shape index (κ3) is 4.41. The van der Waals surface area contributed by atoms with Crippen molar-refractivity contribution in [1.29, 1.82) is 0 Å². The van der Waals surface area contributed by atoms with Crippen LogP contribution in [0.3, 0.4) is 0 Å². The molecule has 6 nitrogen and oxygen atoms in total. The maximum absolute atomic E-state index is 11.7. The molecule has 0 bridgehead atoms. The molecule has 1 saturated carbocycles. The normalized spacial score (nSPS) is 15.0. The second-order valence-corrected chi connectivity index (χ2v) is 6.48. The van der Waals surface area contributed by atoms with Crippen LogP contribution in [0.2, 0.25) is 0 Å². The summed E-state index contributed by atoms with van der Waals surface area (Å²) in [7, 11) is 0. The Balaban J connectivity index is 1.55. The van der Waals surface area contributed by atoms with Crippen molar-refractivity contribution in [1.82, 2.24) is 14.7 Å². The van der Waals surface area contributed by atoms with Gasteiger partial charge in [-0.25, -0.2) is 9.78 Å². The van der Waals surface area contributed by atoms with Crippen LogP contribution >= 0.6 is 11.5 Å². The summed E-state index contributed by atoms with van der Waals surface area (Å²) in [6.45, 7) is 4.12. The van der Waals surface area contributed by atoms with E-state index in [1.807, 2.05) is 31.2 Å². The molecule has 3 rings (SSSR count). The van der Waals surface area contributed by atoms with Crippen LogP contribution in [0.5, 0.6) is 0 Å². The lowest BCUT2D eigenvalue weighted by Crippen LogP contribution is -2.30. The van der Waals surface area contributed by atoms with Crippen LogP contribution in [0.1, 0.15) is 44.1 Å². The van der Waals surface area contributed by atoms with E-state index in [0.717, 1.165) is 41.5 Å². The number of urea groups is 1. The molecule has 1 atom stereocenters. The van der Waals surface area contributed by atoms with E-state index in [0.29, 0.717) is 6.04 Å². The van der Waals surface area contributed by atoms with Crippen molar-refractivity contribution in [3.63, 3.8) is 0 Å². The van der Waals surface area contributed by atoms with Gasteiger partial charge in [0.15, 0.2) is 0 Å². The van der Waals surface area contributed by atoms with Crippen LogP contribution in [0, 0.1) is 0 Å². The van der Waals surface area contributed by atoms with Crippen LogP contribution in [-0.2, 0) is 6.42 Å². The van der Waals surface area contributed by atoms with Crippen molar-refractivity contribution < 1.29 is 4.79 Å². The Labute approximate surface area is 139 Å². The van der Waals surface area contributed by atoms with Gasteiger partial charge in [-0.1, -0.05) is 19.1 Å². The summed E-state index contributed by atoms with van der Waals surface area (Å²) in [6.07, 6.45) is 3.01. The third-order valence-electron chi connectivity index (χ3n) is 3.71. The summed E-state index contributed by atoms with van der Waals surface area (Å²) >= 11 is 1.38. The predicted molar refractivity (Wildman–Crippen MR) is 92.9 cm³/mol. The Morgan fingerprint density at radius 1 is 1.35 bits per heavy atom. The first-order valence-electron chi connectivity index (χ1n) is 7.90. The number of anilines is 2. The number of nitrogens with one attached hydrogen (secondary N) is 3. The zero-order chi connectivity index (χ0) is 16.2. The van der Waals surface area contributed by atoms with Gasteiger partial charge in [0.1, 0.15) is 5.82 Å². The molecule has 1 aliphatic rings. The van der Waals surface area contributed by atoms with Crippen LogP contribution in [-0.4, -0.2) is 21.4 Å². The first-order chi connectivity index (χ1) is 11.1. The summed E-state index contributed by atoms with van der Waals surface area (Å²) in [6, 6.07) is 8.20. The van der Waals surface area contributed by atoms with Gasteiger partial charge in [0.05, 0.1) is 6.04 Å². The van der Waals surface area contributed by atoms with Gasteiger partial charge in [-0.2, -0.15) is 4.37 Å². The second-order valence-electron chi connectivity index (χ2n) is 5.73. The van der Waals surface area contributed by atoms with Gasteiger partial charge < -0.3 is 16.0 Å². The van der Waals surface area contributed by atoms with E-state index in [1.165, 1.54) is 11.5 Å². The number of hydrogen-bond donors (Lipinski definition) is 3. The molecule has 7 heteroatoms. The maximum Gasteiger partial charge on any atom is 0.319 e. The predicted octanol–water partition coefficient (Wildman–Crippen LogP) is 3.56. The molecule has 1 aromatic carbocycles. The van der Waals surface area contributed by atoms with Gasteiger partial charge in [-0.3, -0.25) is 0 Å². The first kappa shape index (κ1) is 15.7. The summed E-state index contributed by atoms with van der Waals surface area (Å²) in [5, 5.41) is 9.94. The van der Waals surface area contributed by atoms with Gasteiger partial charge >= 0.3 is 6.03 Å². The number of hydrogen-bond acceptors (Lipinski definition) is 5. The minimum atomic E-state index is -0.132. The number of rotatable bonds is 6. The molecule has 3 N–H and O–H groups in total. The van der Waals surface area contributed by atoms with E-state index in [-0.39, 0.29) is 12.1 Å². The Bertz CT molecular complexity index is 665. The van der Waals surface area contributed by atoms with Crippen LogP contribution < -0.4 is 16.0 Å². The monoisotopic (exact) mass is 331 g/mol. The van der Waals surface area contributed by atoms with Crippen molar-refractivity contribution >= 4 is 28.4 Å². The quantitative estimate of drug-likeness (QED) is 0.756. The molecule has 1 aromatic heterocycles. The molecule has 0 spiro atoms. The minimum absolute atomic E-state index is 0.127. The van der Waals surface area contributed by atoms with E-state index in [1.54, 1.807) is 0 Å². The summed E-state index contributed by atoms with van der Waals surface area (Å²) in [5.74, 6) is 0.867. The molecule has 23 heavy (non-hydrogen) atoms. The fourth-order valence-corrected chi connectivity index (χ4v) is 2.90. The molecule has 2 aromatic rings. The first-order valence-corrected chi connectivity index (χ1v) is 8.68. The molecule has 1 fully saturated rings. The van der Waals surface area contributed by atoms with Gasteiger partial charge in [0.25, 0.3) is 0 Å². The van der Waals surface area contributed by atoms with E-state index in [9.17, 15) is 4.79 Å². The lowest BCUT2D eigenvalue weighted by molar-refractivity contribution is 0.251. The van der Waals surface area contributed by atoms with Crippen molar-refractivity contribution in [2.75, 3.05) is 10.6 Å². The summed E-state index contributed by atoms with van der Waals surface area (Å²) in [4.78, 5) is 16.1. The van der Waals surface area contributed by atoms with Crippen LogP contribution in [0.4, 0.5) is 15.6 Å². The van der Waals surface area contributed by atoms with E-state index in [4.69, 9.17) is 0 Å². The van der Waals surface area contributed by atoms with Gasteiger partial charge in [-0.15, -0.1) is 0 Å². The second kappa shape index (κ2) is 6.95. The molecular formula is C16H21N5OS. The van der Waals surface area contributed by atoms with Gasteiger partial charge in [-0.05, 0) is 37.5 Å². The third-order valence-corrected chi connectivity index (χ3v) is 4.39. The molecule has 0 aliphatic heterocycles. The highest BCUT2D eigenvalue weighted by atomic mass is 32.1.